The van der Waals surface area contributed by atoms with E-state index in [1.165, 1.54) is 87.0 Å². The molecule has 0 radical (unpaired) electrons. The van der Waals surface area contributed by atoms with E-state index >= 15 is 0 Å². The maximum Gasteiger partial charge on any atom is 0.347 e. The Morgan fingerprint density at radius 1 is 0.500 bits per heavy atom. The maximum absolute atomic E-state index is 13.4. The molecule has 0 aromatic heterocycles. The van der Waals surface area contributed by atoms with E-state index in [1.54, 1.807) is 38.5 Å². The van der Waals surface area contributed by atoms with Crippen LogP contribution in [0.15, 0.2) is 117 Å². The molecule has 18 heteroatoms. The van der Waals surface area contributed by atoms with Crippen molar-refractivity contribution in [3.63, 3.8) is 0 Å². The van der Waals surface area contributed by atoms with Gasteiger partial charge in [0, 0.05) is 39.2 Å². The average molecular weight is 961 g/mol. The van der Waals surface area contributed by atoms with Gasteiger partial charge in [-0.15, -0.1) is 0 Å². The van der Waals surface area contributed by atoms with E-state index in [1.807, 2.05) is 26.0 Å². The summed E-state index contributed by atoms with van der Waals surface area (Å²) in [6.07, 6.45) is 1.39. The fourth-order valence-corrected chi connectivity index (χ4v) is 8.53. The van der Waals surface area contributed by atoms with Crippen molar-refractivity contribution in [1.82, 2.24) is 0 Å². The number of hydrogen-bond acceptors (Lipinski definition) is 18. The Kier molecular flexibility index (Phi) is 17.5. The SMILES string of the molecule is COc1cc(OCCC(C)OC)ccc1C(=O)Oc1ccc(C(=O)Oc2ccc(OC(=O)c3ccc(OC(=O)c4ccc(OCCC(C)OC)cc4OC)cc3)c3c2SC(=C(C#N)C#N)S3)cc1. The molecule has 1 aliphatic rings. The predicted molar refractivity (Wildman–Crippen MR) is 248 cm³/mol. The van der Waals surface area contributed by atoms with Crippen molar-refractivity contribution in [2.24, 2.45) is 0 Å². The fraction of sp³-hybridized carbons (Fsp3) is 0.240. The Morgan fingerprint density at radius 3 is 1.24 bits per heavy atom. The third kappa shape index (κ3) is 12.7. The highest BCUT2D eigenvalue weighted by Gasteiger charge is 2.31. The standard InChI is InChI=1S/C50H44N2O14S2/c1-29(57-3)21-23-61-36-15-17-38(42(25-36)59-5)48(55)63-34-11-7-31(8-12-34)46(53)65-40-19-20-41(45-44(40)67-50(68-45)33(27-51)28-52)66-47(54)32-9-13-35(14-10-32)64-49(56)39-18-16-37(26-43(39)60-6)62-24-22-30(2)58-4/h7-20,25-26,29-30H,21-24H2,1-6H3. The summed E-state index contributed by atoms with van der Waals surface area (Å²) in [5.74, 6) is -1.02. The smallest absolute Gasteiger partial charge is 0.347 e. The van der Waals surface area contributed by atoms with Crippen LogP contribution >= 0.6 is 23.5 Å². The number of hydrogen-bond donors (Lipinski definition) is 0. The number of carbonyl (C=O) groups excluding carboxylic acids is 4. The first-order valence-corrected chi connectivity index (χ1v) is 22.3. The van der Waals surface area contributed by atoms with Gasteiger partial charge in [0.25, 0.3) is 0 Å². The molecule has 1 aliphatic heterocycles. The second-order valence-corrected chi connectivity index (χ2v) is 16.8. The van der Waals surface area contributed by atoms with Crippen molar-refractivity contribution in [2.45, 2.75) is 48.7 Å². The van der Waals surface area contributed by atoms with Crippen LogP contribution in [0.2, 0.25) is 0 Å². The molecule has 0 saturated heterocycles. The van der Waals surface area contributed by atoms with Crippen LogP contribution in [0.5, 0.6) is 46.0 Å². The quantitative estimate of drug-likeness (QED) is 0.0404. The Hall–Kier alpha value is -7.48. The Bertz CT molecular complexity index is 2600. The zero-order valence-electron chi connectivity index (χ0n) is 37.6. The van der Waals surface area contributed by atoms with Gasteiger partial charge in [-0.05, 0) is 98.8 Å². The van der Waals surface area contributed by atoms with E-state index in [0.29, 0.717) is 47.3 Å². The Morgan fingerprint density at radius 2 is 0.882 bits per heavy atom. The monoisotopic (exact) mass is 960 g/mol. The largest absolute Gasteiger partial charge is 0.496 e. The Balaban J connectivity index is 1.10. The van der Waals surface area contributed by atoms with E-state index in [-0.39, 0.29) is 78.8 Å². The lowest BCUT2D eigenvalue weighted by Gasteiger charge is -2.13. The van der Waals surface area contributed by atoms with Gasteiger partial charge in [0.1, 0.15) is 74.8 Å². The molecule has 0 amide bonds. The predicted octanol–water partition coefficient (Wildman–Crippen LogP) is 9.64. The second kappa shape index (κ2) is 23.8. The van der Waals surface area contributed by atoms with Gasteiger partial charge >= 0.3 is 23.9 Å². The van der Waals surface area contributed by atoms with Gasteiger partial charge in [-0.2, -0.15) is 10.5 Å². The van der Waals surface area contributed by atoms with Crippen molar-refractivity contribution in [3.8, 4) is 58.1 Å². The van der Waals surface area contributed by atoms with E-state index in [9.17, 15) is 29.7 Å². The molecule has 0 fully saturated rings. The number of nitriles is 2. The Labute approximate surface area is 400 Å². The van der Waals surface area contributed by atoms with Gasteiger partial charge in [0.2, 0.25) is 0 Å². The normalized spacial score (nSPS) is 12.3. The minimum atomic E-state index is -0.774. The zero-order valence-corrected chi connectivity index (χ0v) is 39.3. The van der Waals surface area contributed by atoms with Crippen molar-refractivity contribution >= 4 is 47.4 Å². The van der Waals surface area contributed by atoms with Crippen LogP contribution < -0.4 is 37.9 Å². The van der Waals surface area contributed by atoms with Gasteiger partial charge < -0.3 is 47.4 Å². The third-order valence-corrected chi connectivity index (χ3v) is 12.7. The van der Waals surface area contributed by atoms with Crippen LogP contribution in [-0.4, -0.2) is 77.7 Å². The molecular formula is C50H44N2O14S2. The number of fused-ring (bicyclic) bond motifs is 1. The summed E-state index contributed by atoms with van der Waals surface area (Å²) in [4.78, 5) is 53.8. The number of ether oxygens (including phenoxy) is 10. The van der Waals surface area contributed by atoms with Crippen molar-refractivity contribution in [2.75, 3.05) is 41.7 Å². The molecular weight excluding hydrogens is 917 g/mol. The van der Waals surface area contributed by atoms with Gasteiger partial charge in [-0.3, -0.25) is 0 Å². The van der Waals surface area contributed by atoms with Gasteiger partial charge in [-0.25, -0.2) is 19.2 Å². The number of benzene rings is 5. The van der Waals surface area contributed by atoms with E-state index in [0.717, 1.165) is 23.5 Å². The van der Waals surface area contributed by atoms with Gasteiger partial charge in [-0.1, -0.05) is 23.5 Å². The number of rotatable bonds is 20. The summed E-state index contributed by atoms with van der Waals surface area (Å²) in [6.45, 7) is 4.67. The van der Waals surface area contributed by atoms with Crippen LogP contribution in [0, 0.1) is 22.7 Å². The van der Waals surface area contributed by atoms with E-state index in [2.05, 4.69) is 0 Å². The number of allylic oxidation sites excluding steroid dienone is 1. The summed E-state index contributed by atoms with van der Waals surface area (Å²) < 4.78 is 55.8. The summed E-state index contributed by atoms with van der Waals surface area (Å²) in [5, 5.41) is 19.3. The lowest BCUT2D eigenvalue weighted by Crippen LogP contribution is -2.13. The van der Waals surface area contributed by atoms with Crippen molar-refractivity contribution in [1.29, 1.82) is 10.5 Å². The van der Waals surface area contributed by atoms with Crippen LogP contribution in [-0.2, 0) is 9.47 Å². The van der Waals surface area contributed by atoms with Gasteiger partial charge in [0.05, 0.1) is 64.8 Å². The molecule has 0 saturated carbocycles. The first-order valence-electron chi connectivity index (χ1n) is 20.7. The van der Waals surface area contributed by atoms with Crippen molar-refractivity contribution in [3.05, 3.63) is 129 Å². The molecule has 0 spiro atoms. The first kappa shape index (κ1) is 49.9. The highest BCUT2D eigenvalue weighted by molar-refractivity contribution is 8.24. The average Bonchev–Trinajstić information content (AvgIpc) is 3.81. The van der Waals surface area contributed by atoms with Crippen molar-refractivity contribution < 1.29 is 66.5 Å². The molecule has 1 heterocycles. The highest BCUT2D eigenvalue weighted by atomic mass is 32.2. The molecule has 2 atom stereocenters. The summed E-state index contributed by atoms with van der Waals surface area (Å²) in [7, 11) is 6.09. The molecule has 5 aromatic rings. The summed E-state index contributed by atoms with van der Waals surface area (Å²) in [5.41, 5.74) is 0.339. The molecule has 6 rings (SSSR count). The summed E-state index contributed by atoms with van der Waals surface area (Å²) >= 11 is 2.01. The molecule has 350 valence electrons. The van der Waals surface area contributed by atoms with E-state index in [4.69, 9.17) is 47.4 Å². The van der Waals surface area contributed by atoms with Gasteiger partial charge in [0.15, 0.2) is 0 Å². The van der Waals surface area contributed by atoms with Crippen LogP contribution in [0.4, 0.5) is 0 Å². The molecule has 0 aliphatic carbocycles. The van der Waals surface area contributed by atoms with Crippen LogP contribution in [0.1, 0.15) is 68.1 Å². The molecule has 68 heavy (non-hydrogen) atoms. The number of thioether (sulfide) groups is 2. The van der Waals surface area contributed by atoms with E-state index < -0.39 is 23.9 Å². The third-order valence-electron chi connectivity index (χ3n) is 10.0. The zero-order chi connectivity index (χ0) is 48.7. The molecule has 0 bridgehead atoms. The topological polar surface area (TPSA) is 208 Å². The van der Waals surface area contributed by atoms with Crippen LogP contribution in [0.3, 0.4) is 0 Å². The number of methoxy groups -OCH3 is 4. The number of esters is 4. The number of carbonyl (C=O) groups is 4. The maximum atomic E-state index is 13.4. The minimum Gasteiger partial charge on any atom is -0.496 e. The minimum absolute atomic E-state index is 0.0236. The fourth-order valence-electron chi connectivity index (χ4n) is 6.05. The highest BCUT2D eigenvalue weighted by Crippen LogP contribution is 2.59. The first-order chi connectivity index (χ1) is 32.9. The second-order valence-electron chi connectivity index (χ2n) is 14.5. The molecule has 16 nitrogen and oxygen atoms in total. The lowest BCUT2D eigenvalue weighted by atomic mass is 10.2. The number of nitrogens with zero attached hydrogens (tertiary/aromatic N) is 2. The molecule has 2 unspecified atom stereocenters. The summed E-state index contributed by atoms with van der Waals surface area (Å²) in [6, 6.07) is 27.4. The van der Waals surface area contributed by atoms with Crippen LogP contribution in [0.25, 0.3) is 0 Å². The molecule has 0 N–H and O–H groups in total. The lowest BCUT2D eigenvalue weighted by molar-refractivity contribution is 0.0709. The molecule has 5 aromatic carbocycles.